The third-order valence-corrected chi connectivity index (χ3v) is 3.71. The van der Waals surface area contributed by atoms with Gasteiger partial charge in [0.1, 0.15) is 0 Å². The number of primary amides is 1. The van der Waals surface area contributed by atoms with E-state index in [1.54, 1.807) is 12.1 Å². The molecule has 6 heteroatoms. The van der Waals surface area contributed by atoms with Crippen LogP contribution < -0.4 is 5.73 Å². The molecular formula is C9H7Br2Cl2NO. The molecule has 0 fully saturated rings. The molecule has 1 aromatic carbocycles. The van der Waals surface area contributed by atoms with Gasteiger partial charge >= 0.3 is 0 Å². The average Bonchev–Trinajstić information content (AvgIpc) is 2.10. The van der Waals surface area contributed by atoms with Crippen molar-refractivity contribution in [2.75, 3.05) is 0 Å². The maximum absolute atomic E-state index is 10.9. The highest BCUT2D eigenvalue weighted by atomic mass is 79.9. The molecule has 0 aromatic heterocycles. The van der Waals surface area contributed by atoms with E-state index in [4.69, 9.17) is 28.9 Å². The monoisotopic (exact) mass is 373 g/mol. The van der Waals surface area contributed by atoms with Crippen molar-refractivity contribution in [3.63, 3.8) is 0 Å². The molecule has 0 bridgehead atoms. The number of carbonyl (C=O) groups excluding carboxylic acids is 1. The van der Waals surface area contributed by atoms with Gasteiger partial charge in [0.2, 0.25) is 5.91 Å². The molecule has 1 rings (SSSR count). The van der Waals surface area contributed by atoms with E-state index < -0.39 is 10.7 Å². The first-order chi connectivity index (χ1) is 6.91. The van der Waals surface area contributed by atoms with Crippen LogP contribution in [0, 0.1) is 0 Å². The second kappa shape index (κ2) is 5.53. The second-order valence-corrected chi connectivity index (χ2v) is 5.76. The van der Waals surface area contributed by atoms with Gasteiger partial charge in [-0.05, 0) is 24.1 Å². The minimum Gasteiger partial charge on any atom is -0.369 e. The zero-order valence-electron chi connectivity index (χ0n) is 7.44. The molecule has 1 amide bonds. The van der Waals surface area contributed by atoms with Gasteiger partial charge in [-0.25, -0.2) is 0 Å². The highest BCUT2D eigenvalue weighted by Gasteiger charge is 2.16. The molecule has 0 heterocycles. The van der Waals surface area contributed by atoms with E-state index in [2.05, 4.69) is 31.9 Å². The van der Waals surface area contributed by atoms with Crippen LogP contribution in [0.2, 0.25) is 10.0 Å². The lowest BCUT2D eigenvalue weighted by atomic mass is 10.1. The number of halogens is 4. The molecule has 1 unspecified atom stereocenters. The predicted octanol–water partition coefficient (Wildman–Crippen LogP) is 3.55. The predicted molar refractivity (Wildman–Crippen MR) is 69.8 cm³/mol. The Balaban J connectivity index is 3.00. The molecule has 0 spiro atoms. The first-order valence-electron chi connectivity index (χ1n) is 3.98. The number of hydrogen-bond donors (Lipinski definition) is 1. The van der Waals surface area contributed by atoms with Gasteiger partial charge < -0.3 is 5.73 Å². The molecule has 1 atom stereocenters. The van der Waals surface area contributed by atoms with Gasteiger partial charge in [0.05, 0.1) is 4.83 Å². The zero-order chi connectivity index (χ0) is 11.6. The van der Waals surface area contributed by atoms with Crippen LogP contribution in [0.25, 0.3) is 0 Å². The highest BCUT2D eigenvalue weighted by molar-refractivity contribution is 9.10. The molecule has 0 aliphatic heterocycles. The summed E-state index contributed by atoms with van der Waals surface area (Å²) in [6.45, 7) is 0. The van der Waals surface area contributed by atoms with Crippen molar-refractivity contribution in [3.05, 3.63) is 32.2 Å². The lowest BCUT2D eigenvalue weighted by Crippen LogP contribution is -2.25. The van der Waals surface area contributed by atoms with Gasteiger partial charge in [0.15, 0.2) is 0 Å². The van der Waals surface area contributed by atoms with E-state index in [1.165, 1.54) is 0 Å². The van der Waals surface area contributed by atoms with Crippen LogP contribution >= 0.6 is 55.1 Å². The summed E-state index contributed by atoms with van der Waals surface area (Å²) in [7, 11) is 0. The normalized spacial score (nSPS) is 12.5. The van der Waals surface area contributed by atoms with Crippen LogP contribution in [0.3, 0.4) is 0 Å². The molecule has 0 saturated carbocycles. The first kappa shape index (κ1) is 13.3. The molecule has 0 aliphatic carbocycles. The highest BCUT2D eigenvalue weighted by Crippen LogP contribution is 2.30. The number of amides is 1. The minimum absolute atomic E-state index is 0.375. The Labute approximate surface area is 114 Å². The number of nitrogens with two attached hydrogens (primary N) is 1. The summed E-state index contributed by atoms with van der Waals surface area (Å²) in [5, 5.41) is 1.03. The van der Waals surface area contributed by atoms with Crippen molar-refractivity contribution in [3.8, 4) is 0 Å². The summed E-state index contributed by atoms with van der Waals surface area (Å²) in [6.07, 6.45) is 0.375. The number of hydrogen-bond acceptors (Lipinski definition) is 1. The van der Waals surface area contributed by atoms with Gasteiger partial charge in [0.25, 0.3) is 0 Å². The van der Waals surface area contributed by atoms with E-state index >= 15 is 0 Å². The second-order valence-electron chi connectivity index (χ2n) is 2.92. The minimum atomic E-state index is -0.464. The van der Waals surface area contributed by atoms with E-state index in [1.807, 2.05) is 0 Å². The molecule has 2 N–H and O–H groups in total. The van der Waals surface area contributed by atoms with Crippen LogP contribution in [0.4, 0.5) is 0 Å². The maximum atomic E-state index is 10.9. The molecule has 2 nitrogen and oxygen atoms in total. The third kappa shape index (κ3) is 3.63. The molecule has 0 radical (unpaired) electrons. The lowest BCUT2D eigenvalue weighted by molar-refractivity contribution is -0.117. The van der Waals surface area contributed by atoms with E-state index in [-0.39, 0.29) is 0 Å². The van der Waals surface area contributed by atoms with E-state index in [0.717, 1.165) is 4.47 Å². The number of rotatable bonds is 3. The van der Waals surface area contributed by atoms with Gasteiger partial charge in [-0.15, -0.1) is 0 Å². The fourth-order valence-corrected chi connectivity index (χ4v) is 2.73. The van der Waals surface area contributed by atoms with Crippen molar-refractivity contribution in [2.45, 2.75) is 11.2 Å². The Kier molecular flexibility index (Phi) is 4.90. The topological polar surface area (TPSA) is 43.1 Å². The summed E-state index contributed by atoms with van der Waals surface area (Å²) in [5.41, 5.74) is 5.84. The van der Waals surface area contributed by atoms with Crippen LogP contribution in [0.15, 0.2) is 16.6 Å². The third-order valence-electron chi connectivity index (χ3n) is 1.80. The fraction of sp³-hybridized carbons (Fsp3) is 0.222. The molecule has 15 heavy (non-hydrogen) atoms. The van der Waals surface area contributed by atoms with Crippen molar-refractivity contribution in [1.29, 1.82) is 0 Å². The standard InChI is InChI=1S/C9H7Br2Cl2NO/c10-4-1-7(12)5(8(13)2-4)3-6(11)9(14)15/h1-2,6H,3H2,(H2,14,15). The summed E-state index contributed by atoms with van der Waals surface area (Å²) in [5.74, 6) is -0.440. The maximum Gasteiger partial charge on any atom is 0.231 e. The quantitative estimate of drug-likeness (QED) is 0.807. The molecule has 0 aliphatic rings. The Hall–Kier alpha value is 0.230. The van der Waals surface area contributed by atoms with Crippen LogP contribution in [-0.2, 0) is 11.2 Å². The zero-order valence-corrected chi connectivity index (χ0v) is 12.1. The van der Waals surface area contributed by atoms with Gasteiger partial charge in [-0.3, -0.25) is 4.79 Å². The number of carbonyl (C=O) groups is 1. The Bertz CT molecular complexity index is 375. The molecule has 82 valence electrons. The summed E-state index contributed by atoms with van der Waals surface area (Å²) < 4.78 is 0.798. The van der Waals surface area contributed by atoms with E-state index in [0.29, 0.717) is 22.0 Å². The van der Waals surface area contributed by atoms with Gasteiger partial charge in [-0.2, -0.15) is 0 Å². The largest absolute Gasteiger partial charge is 0.369 e. The smallest absolute Gasteiger partial charge is 0.231 e. The Morgan fingerprint density at radius 2 is 1.87 bits per heavy atom. The number of benzene rings is 1. The summed E-state index contributed by atoms with van der Waals surface area (Å²) >= 11 is 18.4. The average molecular weight is 376 g/mol. The SMILES string of the molecule is NC(=O)C(Br)Cc1c(Cl)cc(Br)cc1Cl. The Morgan fingerprint density at radius 3 is 2.27 bits per heavy atom. The van der Waals surface area contributed by atoms with Gasteiger partial charge in [0, 0.05) is 14.5 Å². The van der Waals surface area contributed by atoms with Crippen LogP contribution in [0.5, 0.6) is 0 Å². The summed E-state index contributed by atoms with van der Waals surface area (Å²) in [6, 6.07) is 3.45. The summed E-state index contributed by atoms with van der Waals surface area (Å²) in [4.78, 5) is 10.4. The van der Waals surface area contributed by atoms with Crippen molar-refractivity contribution >= 4 is 61.0 Å². The van der Waals surface area contributed by atoms with Gasteiger partial charge in [-0.1, -0.05) is 55.1 Å². The fourth-order valence-electron chi connectivity index (χ4n) is 1.05. The van der Waals surface area contributed by atoms with Crippen molar-refractivity contribution in [2.24, 2.45) is 5.73 Å². The molecule has 0 saturated heterocycles. The van der Waals surface area contributed by atoms with Crippen molar-refractivity contribution < 1.29 is 4.79 Å². The van der Waals surface area contributed by atoms with Crippen LogP contribution in [-0.4, -0.2) is 10.7 Å². The van der Waals surface area contributed by atoms with Crippen LogP contribution in [0.1, 0.15) is 5.56 Å². The van der Waals surface area contributed by atoms with E-state index in [9.17, 15) is 4.79 Å². The number of alkyl halides is 1. The lowest BCUT2D eigenvalue weighted by Gasteiger charge is -2.10. The molecule has 1 aromatic rings. The Morgan fingerprint density at radius 1 is 1.40 bits per heavy atom. The first-order valence-corrected chi connectivity index (χ1v) is 6.45. The molecular weight excluding hydrogens is 369 g/mol. The van der Waals surface area contributed by atoms with Crippen molar-refractivity contribution in [1.82, 2.24) is 0 Å².